The Morgan fingerprint density at radius 3 is 2.04 bits per heavy atom. The summed E-state index contributed by atoms with van der Waals surface area (Å²) in [6.07, 6.45) is -9.91. The highest BCUT2D eigenvalue weighted by atomic mass is 19.4. The smallest absolute Gasteiger partial charge is 0.471 e. The lowest BCUT2D eigenvalue weighted by molar-refractivity contribution is -0.174. The van der Waals surface area contributed by atoms with E-state index in [4.69, 9.17) is 4.74 Å². The Labute approximate surface area is 133 Å². The van der Waals surface area contributed by atoms with E-state index in [1.807, 2.05) is 0 Å². The molecule has 136 valence electrons. The van der Waals surface area contributed by atoms with Crippen LogP contribution in [0.1, 0.15) is 18.1 Å². The van der Waals surface area contributed by atoms with Gasteiger partial charge in [-0.25, -0.2) is 0 Å². The first-order valence-corrected chi connectivity index (χ1v) is 6.60. The maximum atomic E-state index is 12.9. The van der Waals surface area contributed by atoms with Crippen LogP contribution in [-0.4, -0.2) is 32.3 Å². The highest BCUT2D eigenvalue weighted by Gasteiger charge is 2.39. The van der Waals surface area contributed by atoms with Crippen LogP contribution in [-0.2, 0) is 17.4 Å². The normalized spacial score (nSPS) is 13.4. The van der Waals surface area contributed by atoms with Crippen LogP contribution in [0.4, 0.5) is 26.3 Å². The molecule has 0 radical (unpaired) electrons. The van der Waals surface area contributed by atoms with Crippen LogP contribution in [0.3, 0.4) is 0 Å². The lowest BCUT2D eigenvalue weighted by Crippen LogP contribution is -2.42. The minimum absolute atomic E-state index is 0.164. The minimum atomic E-state index is -5.05. The summed E-state index contributed by atoms with van der Waals surface area (Å²) in [7, 11) is 2.17. The van der Waals surface area contributed by atoms with Gasteiger partial charge in [-0.1, -0.05) is 0 Å². The van der Waals surface area contributed by atoms with Crippen molar-refractivity contribution in [1.82, 2.24) is 5.32 Å². The van der Waals surface area contributed by atoms with Crippen LogP contribution >= 0.6 is 0 Å². The van der Waals surface area contributed by atoms with E-state index in [0.717, 1.165) is 20.3 Å². The fraction of sp³-hybridized carbons (Fsp3) is 0.500. The summed E-state index contributed by atoms with van der Waals surface area (Å²) in [5.41, 5.74) is -0.907. The molecule has 0 aliphatic carbocycles. The molecule has 1 rings (SSSR count). The summed E-state index contributed by atoms with van der Waals surface area (Å²) in [6.45, 7) is 1.28. The van der Waals surface area contributed by atoms with Crippen molar-refractivity contribution in [2.24, 2.45) is 0 Å². The van der Waals surface area contributed by atoms with Gasteiger partial charge >= 0.3 is 18.3 Å². The molecule has 0 saturated carbocycles. The average Bonchev–Trinajstić information content (AvgIpc) is 2.44. The number of carbonyl (C=O) groups is 1. The van der Waals surface area contributed by atoms with Crippen LogP contribution in [0.25, 0.3) is 0 Å². The fourth-order valence-electron chi connectivity index (χ4n) is 2.03. The maximum absolute atomic E-state index is 12.9. The second-order valence-corrected chi connectivity index (χ2v) is 4.94. The zero-order valence-electron chi connectivity index (χ0n) is 12.9. The van der Waals surface area contributed by atoms with Gasteiger partial charge in [-0.3, -0.25) is 4.79 Å². The predicted molar refractivity (Wildman–Crippen MR) is 71.9 cm³/mol. The molecule has 1 N–H and O–H groups in total. The van der Waals surface area contributed by atoms with Crippen molar-refractivity contribution in [1.29, 1.82) is 0 Å². The van der Waals surface area contributed by atoms with Gasteiger partial charge in [0.25, 0.3) is 0 Å². The molecule has 1 aromatic rings. The molecule has 4 nitrogen and oxygen atoms in total. The highest BCUT2D eigenvalue weighted by Crippen LogP contribution is 2.40. The van der Waals surface area contributed by atoms with E-state index in [1.54, 1.807) is 5.32 Å². The third-order valence-electron chi connectivity index (χ3n) is 3.07. The Morgan fingerprint density at radius 2 is 1.62 bits per heavy atom. The minimum Gasteiger partial charge on any atom is -0.496 e. The van der Waals surface area contributed by atoms with E-state index in [9.17, 15) is 31.1 Å². The number of hydrogen-bond donors (Lipinski definition) is 1. The Balaban J connectivity index is 3.09. The third-order valence-corrected chi connectivity index (χ3v) is 3.07. The molecule has 0 aromatic heterocycles. The first-order valence-electron chi connectivity index (χ1n) is 6.60. The molecule has 1 amide bonds. The molecule has 0 aliphatic heterocycles. The SMILES string of the molecule is COc1cc(C(F)(F)F)c(OC)cc1CC(C)NC(=O)C(F)(F)F. The van der Waals surface area contributed by atoms with Gasteiger partial charge in [0.2, 0.25) is 0 Å². The second kappa shape index (κ2) is 7.18. The van der Waals surface area contributed by atoms with E-state index < -0.39 is 35.6 Å². The summed E-state index contributed by atoms with van der Waals surface area (Å²) >= 11 is 0. The zero-order chi connectivity index (χ0) is 18.7. The van der Waals surface area contributed by atoms with Crippen molar-refractivity contribution in [2.45, 2.75) is 31.7 Å². The zero-order valence-corrected chi connectivity index (χ0v) is 12.9. The molecule has 0 aliphatic rings. The molecule has 0 spiro atoms. The molecule has 0 heterocycles. The quantitative estimate of drug-likeness (QED) is 0.821. The molecular weight excluding hydrogens is 344 g/mol. The summed E-state index contributed by atoms with van der Waals surface area (Å²) in [6, 6.07) is 0.735. The van der Waals surface area contributed by atoms with Crippen molar-refractivity contribution in [2.75, 3.05) is 14.2 Å². The van der Waals surface area contributed by atoms with Crippen molar-refractivity contribution >= 4 is 5.91 Å². The molecule has 0 bridgehead atoms. The number of carbonyl (C=O) groups excluding carboxylic acids is 1. The summed E-state index contributed by atoms with van der Waals surface area (Å²) < 4.78 is 85.0. The number of ether oxygens (including phenoxy) is 2. The van der Waals surface area contributed by atoms with E-state index in [0.29, 0.717) is 6.07 Å². The van der Waals surface area contributed by atoms with Crippen LogP contribution in [0, 0.1) is 0 Å². The maximum Gasteiger partial charge on any atom is 0.471 e. The summed E-state index contributed by atoms with van der Waals surface area (Å²) in [4.78, 5) is 10.9. The predicted octanol–water partition coefficient (Wildman–Crippen LogP) is 3.33. The molecule has 1 aromatic carbocycles. The average molecular weight is 359 g/mol. The Hall–Kier alpha value is -2.13. The van der Waals surface area contributed by atoms with Gasteiger partial charge < -0.3 is 14.8 Å². The standard InChI is InChI=1S/C14H15F6NO3/c1-7(21-12(22)14(18,19)20)4-8-5-11(24-3)9(13(15,16)17)6-10(8)23-2/h5-7H,4H2,1-3H3,(H,21,22). The molecule has 0 fully saturated rings. The van der Waals surface area contributed by atoms with Crippen LogP contribution in [0.2, 0.25) is 0 Å². The van der Waals surface area contributed by atoms with Gasteiger partial charge in [0.15, 0.2) is 0 Å². The Kier molecular flexibility index (Phi) is 5.96. The lowest BCUT2D eigenvalue weighted by atomic mass is 10.0. The van der Waals surface area contributed by atoms with E-state index in [-0.39, 0.29) is 17.7 Å². The van der Waals surface area contributed by atoms with Crippen molar-refractivity contribution in [3.8, 4) is 11.5 Å². The van der Waals surface area contributed by atoms with Gasteiger partial charge in [-0.05, 0) is 31.0 Å². The van der Waals surface area contributed by atoms with E-state index in [1.165, 1.54) is 6.92 Å². The number of methoxy groups -OCH3 is 2. The van der Waals surface area contributed by atoms with Crippen LogP contribution < -0.4 is 14.8 Å². The highest BCUT2D eigenvalue weighted by molar-refractivity contribution is 5.81. The Morgan fingerprint density at radius 1 is 1.08 bits per heavy atom. The van der Waals surface area contributed by atoms with E-state index >= 15 is 0 Å². The second-order valence-electron chi connectivity index (χ2n) is 4.94. The largest absolute Gasteiger partial charge is 0.496 e. The van der Waals surface area contributed by atoms with Gasteiger partial charge in [0, 0.05) is 6.04 Å². The molecule has 0 saturated heterocycles. The lowest BCUT2D eigenvalue weighted by Gasteiger charge is -2.19. The molecular formula is C14H15F6NO3. The van der Waals surface area contributed by atoms with Crippen molar-refractivity contribution in [3.05, 3.63) is 23.3 Å². The number of alkyl halides is 6. The summed E-state index contributed by atoms with van der Waals surface area (Å²) in [5.74, 6) is -2.79. The Bertz CT molecular complexity index is 597. The number of halogens is 6. The van der Waals surface area contributed by atoms with Crippen molar-refractivity contribution < 1.29 is 40.6 Å². The van der Waals surface area contributed by atoms with Crippen LogP contribution in [0.15, 0.2) is 12.1 Å². The topological polar surface area (TPSA) is 47.6 Å². The molecule has 1 unspecified atom stereocenters. The third kappa shape index (κ3) is 4.93. The first kappa shape index (κ1) is 19.9. The number of rotatable bonds is 5. The number of benzene rings is 1. The number of nitrogens with one attached hydrogen (secondary N) is 1. The van der Waals surface area contributed by atoms with Gasteiger partial charge in [0.1, 0.15) is 17.1 Å². The van der Waals surface area contributed by atoms with Gasteiger partial charge in [-0.15, -0.1) is 0 Å². The molecule has 1 atom stereocenters. The van der Waals surface area contributed by atoms with Crippen molar-refractivity contribution in [3.63, 3.8) is 0 Å². The first-order chi connectivity index (χ1) is 10.9. The number of amides is 1. The van der Waals surface area contributed by atoms with Gasteiger partial charge in [-0.2, -0.15) is 26.3 Å². The fourth-order valence-corrected chi connectivity index (χ4v) is 2.03. The number of hydrogen-bond acceptors (Lipinski definition) is 3. The molecule has 24 heavy (non-hydrogen) atoms. The molecule has 10 heteroatoms. The monoisotopic (exact) mass is 359 g/mol. The summed E-state index contributed by atoms with van der Waals surface area (Å²) in [5, 5.41) is 1.72. The van der Waals surface area contributed by atoms with E-state index in [2.05, 4.69) is 4.74 Å². The van der Waals surface area contributed by atoms with Crippen LogP contribution in [0.5, 0.6) is 11.5 Å². The van der Waals surface area contributed by atoms with Gasteiger partial charge in [0.05, 0.1) is 14.2 Å².